The van der Waals surface area contributed by atoms with Crippen molar-refractivity contribution in [2.75, 3.05) is 19.6 Å². The van der Waals surface area contributed by atoms with Crippen LogP contribution in [0.2, 0.25) is 0 Å². The second kappa shape index (κ2) is 9.75. The second-order valence-electron chi connectivity index (χ2n) is 7.23. The SMILES string of the molecule is CCCNC(=O)CCNC1CCCC1CNC(=O)OC(C)(C)C. The first-order valence-electron chi connectivity index (χ1n) is 8.78. The molecule has 0 aromatic heterocycles. The number of carbonyl (C=O) groups excluding carboxylic acids is 2. The molecule has 0 bridgehead atoms. The molecule has 134 valence electrons. The molecule has 1 aliphatic rings. The number of amides is 2. The molecule has 0 aromatic rings. The molecule has 1 fully saturated rings. The zero-order valence-corrected chi connectivity index (χ0v) is 15.0. The third-order valence-corrected chi connectivity index (χ3v) is 3.90. The van der Waals surface area contributed by atoms with Gasteiger partial charge in [-0.3, -0.25) is 4.79 Å². The van der Waals surface area contributed by atoms with Crippen LogP contribution < -0.4 is 16.0 Å². The first-order chi connectivity index (χ1) is 10.8. The van der Waals surface area contributed by atoms with Crippen LogP contribution >= 0.6 is 0 Å². The lowest BCUT2D eigenvalue weighted by Gasteiger charge is -2.23. The summed E-state index contributed by atoms with van der Waals surface area (Å²) in [6.45, 7) is 9.66. The highest BCUT2D eigenvalue weighted by Gasteiger charge is 2.27. The van der Waals surface area contributed by atoms with Crippen molar-refractivity contribution in [2.24, 2.45) is 5.92 Å². The molecule has 2 unspecified atom stereocenters. The molecule has 0 spiro atoms. The Morgan fingerprint density at radius 1 is 1.13 bits per heavy atom. The fraction of sp³-hybridized carbons (Fsp3) is 0.882. The number of ether oxygens (including phenoxy) is 1. The standard InChI is InChI=1S/C17H33N3O3/c1-5-10-19-15(21)9-11-18-14-8-6-7-13(14)12-20-16(22)23-17(2,3)4/h13-14,18H,5-12H2,1-4H3,(H,19,21)(H,20,22). The zero-order valence-electron chi connectivity index (χ0n) is 15.0. The maximum atomic E-state index is 11.7. The van der Waals surface area contributed by atoms with Crippen LogP contribution in [0.25, 0.3) is 0 Å². The molecule has 6 nitrogen and oxygen atoms in total. The van der Waals surface area contributed by atoms with Gasteiger partial charge in [0.15, 0.2) is 0 Å². The summed E-state index contributed by atoms with van der Waals surface area (Å²) in [5, 5.41) is 9.19. The van der Waals surface area contributed by atoms with Crippen molar-refractivity contribution in [3.63, 3.8) is 0 Å². The maximum absolute atomic E-state index is 11.7. The van der Waals surface area contributed by atoms with E-state index in [-0.39, 0.29) is 12.0 Å². The van der Waals surface area contributed by atoms with Crippen molar-refractivity contribution in [1.82, 2.24) is 16.0 Å². The molecule has 2 amide bonds. The summed E-state index contributed by atoms with van der Waals surface area (Å²) in [6, 6.07) is 0.365. The molecule has 1 saturated carbocycles. The molecule has 0 saturated heterocycles. The summed E-state index contributed by atoms with van der Waals surface area (Å²) in [5.41, 5.74) is -0.469. The molecule has 1 rings (SSSR count). The van der Waals surface area contributed by atoms with Gasteiger partial charge in [0.25, 0.3) is 0 Å². The Labute approximate surface area is 140 Å². The molecule has 2 atom stereocenters. The van der Waals surface area contributed by atoms with E-state index < -0.39 is 5.60 Å². The van der Waals surface area contributed by atoms with Crippen molar-refractivity contribution in [1.29, 1.82) is 0 Å². The van der Waals surface area contributed by atoms with Gasteiger partial charge in [0.2, 0.25) is 5.91 Å². The molecule has 0 radical (unpaired) electrons. The zero-order chi connectivity index (χ0) is 17.3. The predicted molar refractivity (Wildman–Crippen MR) is 91.3 cm³/mol. The highest BCUT2D eigenvalue weighted by Crippen LogP contribution is 2.25. The molecule has 23 heavy (non-hydrogen) atoms. The first-order valence-corrected chi connectivity index (χ1v) is 8.78. The maximum Gasteiger partial charge on any atom is 0.407 e. The highest BCUT2D eigenvalue weighted by atomic mass is 16.6. The minimum absolute atomic E-state index is 0.0979. The summed E-state index contributed by atoms with van der Waals surface area (Å²) in [7, 11) is 0. The number of alkyl carbamates (subject to hydrolysis) is 1. The molecule has 0 aliphatic heterocycles. The van der Waals surface area contributed by atoms with Gasteiger partial charge in [0.05, 0.1) is 0 Å². The van der Waals surface area contributed by atoms with Gasteiger partial charge < -0.3 is 20.7 Å². The minimum atomic E-state index is -0.469. The van der Waals surface area contributed by atoms with Gasteiger partial charge in [-0.2, -0.15) is 0 Å². The van der Waals surface area contributed by atoms with E-state index >= 15 is 0 Å². The summed E-state index contributed by atoms with van der Waals surface area (Å²) >= 11 is 0. The van der Waals surface area contributed by atoms with Gasteiger partial charge in [-0.25, -0.2) is 4.79 Å². The van der Waals surface area contributed by atoms with Crippen LogP contribution in [-0.4, -0.2) is 43.3 Å². The Morgan fingerprint density at radius 3 is 2.52 bits per heavy atom. The van der Waals surface area contributed by atoms with Crippen LogP contribution in [0, 0.1) is 5.92 Å². The number of carbonyl (C=O) groups is 2. The quantitative estimate of drug-likeness (QED) is 0.638. The van der Waals surface area contributed by atoms with Crippen LogP contribution in [0.15, 0.2) is 0 Å². The lowest BCUT2D eigenvalue weighted by molar-refractivity contribution is -0.121. The van der Waals surface area contributed by atoms with E-state index in [1.54, 1.807) is 0 Å². The fourth-order valence-corrected chi connectivity index (χ4v) is 2.80. The number of hydrogen-bond donors (Lipinski definition) is 3. The minimum Gasteiger partial charge on any atom is -0.444 e. The van der Waals surface area contributed by atoms with Crippen molar-refractivity contribution in [3.8, 4) is 0 Å². The highest BCUT2D eigenvalue weighted by molar-refractivity contribution is 5.76. The van der Waals surface area contributed by atoms with Gasteiger partial charge in [0, 0.05) is 32.1 Å². The number of rotatable bonds is 8. The number of hydrogen-bond acceptors (Lipinski definition) is 4. The Hall–Kier alpha value is -1.30. The summed E-state index contributed by atoms with van der Waals surface area (Å²) < 4.78 is 5.26. The first kappa shape index (κ1) is 19.7. The lowest BCUT2D eigenvalue weighted by atomic mass is 10.0. The summed E-state index contributed by atoms with van der Waals surface area (Å²) in [4.78, 5) is 23.3. The predicted octanol–water partition coefficient (Wildman–Crippen LogP) is 2.19. The van der Waals surface area contributed by atoms with E-state index in [1.165, 1.54) is 0 Å². The van der Waals surface area contributed by atoms with Crippen LogP contribution in [0.1, 0.15) is 59.8 Å². The van der Waals surface area contributed by atoms with Gasteiger partial charge in [-0.15, -0.1) is 0 Å². The van der Waals surface area contributed by atoms with E-state index in [2.05, 4.69) is 16.0 Å². The van der Waals surface area contributed by atoms with E-state index in [0.717, 1.165) is 32.2 Å². The average Bonchev–Trinajstić information content (AvgIpc) is 2.88. The molecule has 0 heterocycles. The normalized spacial score (nSPS) is 21.0. The van der Waals surface area contributed by atoms with Crippen molar-refractivity contribution < 1.29 is 14.3 Å². The van der Waals surface area contributed by atoms with Crippen LogP contribution in [-0.2, 0) is 9.53 Å². The molecule has 0 aromatic carbocycles. The molecular formula is C17H33N3O3. The Kier molecular flexibility index (Phi) is 8.37. The number of nitrogens with one attached hydrogen (secondary N) is 3. The largest absolute Gasteiger partial charge is 0.444 e. The second-order valence-corrected chi connectivity index (χ2v) is 7.23. The molecular weight excluding hydrogens is 294 g/mol. The van der Waals surface area contributed by atoms with E-state index in [4.69, 9.17) is 4.74 Å². The van der Waals surface area contributed by atoms with E-state index in [1.807, 2.05) is 27.7 Å². The van der Waals surface area contributed by atoms with Crippen molar-refractivity contribution in [2.45, 2.75) is 71.4 Å². The molecule has 6 heteroatoms. The van der Waals surface area contributed by atoms with Crippen molar-refractivity contribution >= 4 is 12.0 Å². The van der Waals surface area contributed by atoms with Crippen LogP contribution in [0.3, 0.4) is 0 Å². The fourth-order valence-electron chi connectivity index (χ4n) is 2.80. The van der Waals surface area contributed by atoms with Gasteiger partial charge in [0.1, 0.15) is 5.60 Å². The lowest BCUT2D eigenvalue weighted by Crippen LogP contribution is -2.42. The molecule has 1 aliphatic carbocycles. The van der Waals surface area contributed by atoms with Gasteiger partial charge in [-0.1, -0.05) is 13.3 Å². The molecule has 3 N–H and O–H groups in total. The summed E-state index contributed by atoms with van der Waals surface area (Å²) in [6.07, 6.45) is 4.44. The Bertz CT molecular complexity index is 380. The monoisotopic (exact) mass is 327 g/mol. The van der Waals surface area contributed by atoms with Gasteiger partial charge in [-0.05, 0) is 46.0 Å². The summed E-state index contributed by atoms with van der Waals surface area (Å²) in [5.74, 6) is 0.502. The Morgan fingerprint density at radius 2 is 1.87 bits per heavy atom. The smallest absolute Gasteiger partial charge is 0.407 e. The van der Waals surface area contributed by atoms with Crippen LogP contribution in [0.4, 0.5) is 4.79 Å². The van der Waals surface area contributed by atoms with E-state index in [9.17, 15) is 9.59 Å². The van der Waals surface area contributed by atoms with Crippen molar-refractivity contribution in [3.05, 3.63) is 0 Å². The Balaban J connectivity index is 2.23. The van der Waals surface area contributed by atoms with Crippen LogP contribution in [0.5, 0.6) is 0 Å². The van der Waals surface area contributed by atoms with E-state index in [0.29, 0.717) is 31.5 Å². The third-order valence-electron chi connectivity index (χ3n) is 3.90. The topological polar surface area (TPSA) is 79.5 Å². The van der Waals surface area contributed by atoms with Gasteiger partial charge >= 0.3 is 6.09 Å². The average molecular weight is 327 g/mol. The third kappa shape index (κ3) is 8.79.